The molecular weight excluding hydrogens is 192 g/mol. The summed E-state index contributed by atoms with van der Waals surface area (Å²) >= 11 is 0. The summed E-state index contributed by atoms with van der Waals surface area (Å²) in [6.07, 6.45) is 5.82. The molecule has 0 spiro atoms. The van der Waals surface area contributed by atoms with Crippen LogP contribution in [0.4, 0.5) is 5.82 Å². The molecule has 0 amide bonds. The number of nitrogens with zero attached hydrogens (tertiary/aromatic N) is 5. The Bertz CT molecular complexity index is 449. The Morgan fingerprint density at radius 2 is 2.20 bits per heavy atom. The van der Waals surface area contributed by atoms with E-state index in [1.165, 1.54) is 6.20 Å². The number of anilines is 1. The second kappa shape index (κ2) is 4.04. The van der Waals surface area contributed by atoms with Crippen LogP contribution in [0, 0.1) is 0 Å². The molecule has 0 fully saturated rings. The maximum Gasteiger partial charge on any atom is 0.142 e. The van der Waals surface area contributed by atoms with Gasteiger partial charge in [0.1, 0.15) is 17.2 Å². The van der Waals surface area contributed by atoms with Crippen LogP contribution in [-0.2, 0) is 6.54 Å². The van der Waals surface area contributed by atoms with Crippen molar-refractivity contribution in [1.29, 1.82) is 0 Å². The average molecular weight is 204 g/mol. The minimum atomic E-state index is 0.400. The molecule has 0 aliphatic rings. The third-order valence-electron chi connectivity index (χ3n) is 1.97. The van der Waals surface area contributed by atoms with Crippen LogP contribution < -0.4 is 5.73 Å². The van der Waals surface area contributed by atoms with Gasteiger partial charge in [0.25, 0.3) is 0 Å². The molecule has 6 heteroatoms. The lowest BCUT2D eigenvalue weighted by Gasteiger charge is -2.03. The second-order valence-corrected chi connectivity index (χ2v) is 3.17. The van der Waals surface area contributed by atoms with Gasteiger partial charge in [-0.05, 0) is 6.42 Å². The van der Waals surface area contributed by atoms with Crippen LogP contribution in [0.5, 0.6) is 0 Å². The van der Waals surface area contributed by atoms with Gasteiger partial charge in [-0.2, -0.15) is 0 Å². The summed E-state index contributed by atoms with van der Waals surface area (Å²) in [6.45, 7) is 2.89. The molecule has 2 aromatic heterocycles. The van der Waals surface area contributed by atoms with Gasteiger partial charge in [-0.25, -0.2) is 9.67 Å². The monoisotopic (exact) mass is 204 g/mol. The van der Waals surface area contributed by atoms with Crippen molar-refractivity contribution in [2.75, 3.05) is 5.73 Å². The summed E-state index contributed by atoms with van der Waals surface area (Å²) in [6, 6.07) is 0. The number of aromatic nitrogens is 5. The van der Waals surface area contributed by atoms with Crippen LogP contribution in [0.1, 0.15) is 13.3 Å². The molecule has 0 radical (unpaired) electrons. The van der Waals surface area contributed by atoms with E-state index in [0.29, 0.717) is 11.5 Å². The molecule has 6 nitrogen and oxygen atoms in total. The predicted molar refractivity (Wildman–Crippen MR) is 55.8 cm³/mol. The van der Waals surface area contributed by atoms with Crippen molar-refractivity contribution in [2.24, 2.45) is 0 Å². The maximum absolute atomic E-state index is 5.57. The van der Waals surface area contributed by atoms with E-state index in [1.54, 1.807) is 17.1 Å². The van der Waals surface area contributed by atoms with Gasteiger partial charge in [0.15, 0.2) is 0 Å². The first-order valence-electron chi connectivity index (χ1n) is 4.77. The summed E-state index contributed by atoms with van der Waals surface area (Å²) in [5, 5.41) is 7.82. The molecule has 0 aliphatic carbocycles. The van der Waals surface area contributed by atoms with E-state index in [0.717, 1.165) is 18.7 Å². The minimum absolute atomic E-state index is 0.400. The van der Waals surface area contributed by atoms with Gasteiger partial charge in [-0.1, -0.05) is 12.1 Å². The lowest BCUT2D eigenvalue weighted by atomic mass is 10.3. The number of hydrogen-bond donors (Lipinski definition) is 1. The Labute approximate surface area is 87.2 Å². The van der Waals surface area contributed by atoms with Crippen molar-refractivity contribution in [1.82, 2.24) is 25.0 Å². The highest BCUT2D eigenvalue weighted by Gasteiger charge is 2.07. The van der Waals surface area contributed by atoms with Crippen LogP contribution in [-0.4, -0.2) is 25.0 Å². The zero-order valence-corrected chi connectivity index (χ0v) is 8.46. The van der Waals surface area contributed by atoms with Gasteiger partial charge in [0.05, 0.1) is 18.6 Å². The molecule has 0 aliphatic heterocycles. The third kappa shape index (κ3) is 1.93. The highest BCUT2D eigenvalue weighted by molar-refractivity contribution is 5.53. The lowest BCUT2D eigenvalue weighted by molar-refractivity contribution is 0.583. The smallest absolute Gasteiger partial charge is 0.142 e. The topological polar surface area (TPSA) is 82.5 Å². The molecule has 0 aromatic carbocycles. The largest absolute Gasteiger partial charge is 0.382 e. The van der Waals surface area contributed by atoms with Crippen LogP contribution in [0.25, 0.3) is 11.4 Å². The molecule has 15 heavy (non-hydrogen) atoms. The summed E-state index contributed by atoms with van der Waals surface area (Å²) in [5.41, 5.74) is 7.11. The standard InChI is InChI=1S/C9H12N6/c1-2-3-15-8(5-12-14-15)7-4-11-6-9(10)13-7/h4-6H,2-3H2,1H3,(H2,10,13). The van der Waals surface area contributed by atoms with Crippen molar-refractivity contribution in [3.8, 4) is 11.4 Å². The van der Waals surface area contributed by atoms with Crippen molar-refractivity contribution in [2.45, 2.75) is 19.9 Å². The summed E-state index contributed by atoms with van der Waals surface area (Å²) < 4.78 is 1.80. The lowest BCUT2D eigenvalue weighted by Crippen LogP contribution is -2.03. The van der Waals surface area contributed by atoms with Gasteiger partial charge in [-0.3, -0.25) is 4.98 Å². The van der Waals surface area contributed by atoms with Crippen LogP contribution in [0.15, 0.2) is 18.6 Å². The van der Waals surface area contributed by atoms with E-state index < -0.39 is 0 Å². The van der Waals surface area contributed by atoms with Gasteiger partial charge in [-0.15, -0.1) is 5.10 Å². The molecule has 2 aromatic rings. The van der Waals surface area contributed by atoms with Gasteiger partial charge >= 0.3 is 0 Å². The van der Waals surface area contributed by atoms with E-state index >= 15 is 0 Å². The highest BCUT2D eigenvalue weighted by Crippen LogP contribution is 2.15. The summed E-state index contributed by atoms with van der Waals surface area (Å²) in [5.74, 6) is 0.400. The Hall–Kier alpha value is -1.98. The molecule has 2 N–H and O–H groups in total. The first-order chi connectivity index (χ1) is 7.31. The molecule has 0 saturated heterocycles. The Morgan fingerprint density at radius 3 is 2.93 bits per heavy atom. The summed E-state index contributed by atoms with van der Waals surface area (Å²) in [7, 11) is 0. The van der Waals surface area contributed by atoms with Crippen molar-refractivity contribution >= 4 is 5.82 Å². The third-order valence-corrected chi connectivity index (χ3v) is 1.97. The predicted octanol–water partition coefficient (Wildman–Crippen LogP) is 0.727. The Morgan fingerprint density at radius 1 is 1.33 bits per heavy atom. The number of nitrogens with two attached hydrogens (primary N) is 1. The van der Waals surface area contributed by atoms with E-state index in [1.807, 2.05) is 0 Å². The quantitative estimate of drug-likeness (QED) is 0.796. The fourth-order valence-corrected chi connectivity index (χ4v) is 1.34. The SMILES string of the molecule is CCCn1nncc1-c1cncc(N)n1. The zero-order chi connectivity index (χ0) is 10.7. The fraction of sp³-hybridized carbons (Fsp3) is 0.333. The summed E-state index contributed by atoms with van der Waals surface area (Å²) in [4.78, 5) is 8.16. The number of rotatable bonds is 3. The van der Waals surface area contributed by atoms with Crippen LogP contribution in [0.3, 0.4) is 0 Å². The Kier molecular flexibility index (Phi) is 2.57. The number of hydrogen-bond acceptors (Lipinski definition) is 5. The molecular formula is C9H12N6. The van der Waals surface area contributed by atoms with Crippen molar-refractivity contribution in [3.63, 3.8) is 0 Å². The first-order valence-corrected chi connectivity index (χ1v) is 4.77. The van der Waals surface area contributed by atoms with E-state index in [9.17, 15) is 0 Å². The number of nitrogen functional groups attached to an aromatic ring is 1. The van der Waals surface area contributed by atoms with Crippen molar-refractivity contribution < 1.29 is 0 Å². The molecule has 0 atom stereocenters. The fourth-order valence-electron chi connectivity index (χ4n) is 1.34. The van der Waals surface area contributed by atoms with E-state index in [4.69, 9.17) is 5.73 Å². The normalized spacial score (nSPS) is 10.5. The van der Waals surface area contributed by atoms with Crippen molar-refractivity contribution in [3.05, 3.63) is 18.6 Å². The minimum Gasteiger partial charge on any atom is -0.382 e. The molecule has 2 heterocycles. The molecule has 0 saturated carbocycles. The number of aryl methyl sites for hydroxylation is 1. The molecule has 0 bridgehead atoms. The maximum atomic E-state index is 5.57. The van der Waals surface area contributed by atoms with Crippen LogP contribution >= 0.6 is 0 Å². The molecule has 0 unspecified atom stereocenters. The molecule has 78 valence electrons. The zero-order valence-electron chi connectivity index (χ0n) is 8.46. The molecule has 2 rings (SSSR count). The van der Waals surface area contributed by atoms with Gasteiger partial charge in [0.2, 0.25) is 0 Å². The highest BCUT2D eigenvalue weighted by atomic mass is 15.4. The first kappa shape index (κ1) is 9.57. The van der Waals surface area contributed by atoms with Gasteiger partial charge < -0.3 is 5.73 Å². The Balaban J connectivity index is 2.40. The second-order valence-electron chi connectivity index (χ2n) is 3.17. The average Bonchev–Trinajstić information content (AvgIpc) is 2.66. The van der Waals surface area contributed by atoms with Crippen LogP contribution in [0.2, 0.25) is 0 Å². The van der Waals surface area contributed by atoms with E-state index in [2.05, 4.69) is 27.2 Å². The van der Waals surface area contributed by atoms with Gasteiger partial charge in [0, 0.05) is 6.54 Å². The van der Waals surface area contributed by atoms with E-state index in [-0.39, 0.29) is 0 Å².